The van der Waals surface area contributed by atoms with Crippen LogP contribution in [0.25, 0.3) is 0 Å². The summed E-state index contributed by atoms with van der Waals surface area (Å²) in [6, 6.07) is 12.6. The third-order valence-corrected chi connectivity index (χ3v) is 6.48. The fourth-order valence-corrected chi connectivity index (χ4v) is 4.14. The molecule has 0 radical (unpaired) electrons. The van der Waals surface area contributed by atoms with Crippen LogP contribution in [0, 0.1) is 5.82 Å². The molecule has 3 aromatic rings. The highest BCUT2D eigenvalue weighted by atomic mass is 19.1. The standard InChI is InChI=1S/C25H24FN5O5/c1-25(24(34)28-11-15-3-6-17(26)7-4-15)13-31-19(23(33)30(25)2)10-18(29-31)22(32)27-12-16-5-8-20-21(9-16)36-14-35-20/h3-10H,11-14H2,1-2H3,(H,27,32)(H,28,34). The SMILES string of the molecule is CN1C(=O)c2cc(C(=O)NCc3ccc4c(c3)OCO4)nn2CC1(C)C(=O)NCc1ccc(F)cc1. The van der Waals surface area contributed by atoms with Crippen molar-refractivity contribution in [2.45, 2.75) is 32.1 Å². The largest absolute Gasteiger partial charge is 0.454 e. The van der Waals surface area contributed by atoms with Crippen molar-refractivity contribution >= 4 is 17.7 Å². The number of aromatic nitrogens is 2. The van der Waals surface area contributed by atoms with Crippen LogP contribution < -0.4 is 20.1 Å². The van der Waals surface area contributed by atoms with Gasteiger partial charge < -0.3 is 25.0 Å². The van der Waals surface area contributed by atoms with Gasteiger partial charge in [-0.25, -0.2) is 4.39 Å². The summed E-state index contributed by atoms with van der Waals surface area (Å²) in [6.07, 6.45) is 0. The number of benzene rings is 2. The Morgan fingerprint density at radius 2 is 1.72 bits per heavy atom. The third kappa shape index (κ3) is 4.23. The first-order valence-electron chi connectivity index (χ1n) is 11.3. The number of halogens is 1. The third-order valence-electron chi connectivity index (χ3n) is 6.48. The zero-order valence-corrected chi connectivity index (χ0v) is 19.7. The van der Waals surface area contributed by atoms with Crippen LogP contribution in [0.3, 0.4) is 0 Å². The molecule has 3 amide bonds. The lowest BCUT2D eigenvalue weighted by Gasteiger charge is -2.40. The van der Waals surface area contributed by atoms with Crippen LogP contribution in [0.4, 0.5) is 4.39 Å². The van der Waals surface area contributed by atoms with Gasteiger partial charge in [-0.15, -0.1) is 0 Å². The lowest BCUT2D eigenvalue weighted by Crippen LogP contribution is -2.62. The van der Waals surface area contributed by atoms with E-state index < -0.39 is 23.3 Å². The summed E-state index contributed by atoms with van der Waals surface area (Å²) in [5.41, 5.74) is 0.589. The van der Waals surface area contributed by atoms with Crippen LogP contribution in [0.2, 0.25) is 0 Å². The van der Waals surface area contributed by atoms with Gasteiger partial charge in [0.05, 0.1) is 6.54 Å². The molecule has 0 fully saturated rings. The Hall–Kier alpha value is -4.41. The summed E-state index contributed by atoms with van der Waals surface area (Å²) in [4.78, 5) is 40.3. The van der Waals surface area contributed by atoms with Crippen molar-refractivity contribution in [2.24, 2.45) is 0 Å². The van der Waals surface area contributed by atoms with E-state index in [2.05, 4.69) is 15.7 Å². The molecule has 2 aliphatic rings. The Balaban J connectivity index is 1.27. The van der Waals surface area contributed by atoms with Crippen molar-refractivity contribution in [1.29, 1.82) is 0 Å². The summed E-state index contributed by atoms with van der Waals surface area (Å²) in [5.74, 6) is -0.367. The maximum Gasteiger partial charge on any atom is 0.272 e. The van der Waals surface area contributed by atoms with Gasteiger partial charge >= 0.3 is 0 Å². The van der Waals surface area contributed by atoms with Crippen LogP contribution in [0.1, 0.15) is 39.0 Å². The van der Waals surface area contributed by atoms with Gasteiger partial charge in [-0.1, -0.05) is 18.2 Å². The minimum Gasteiger partial charge on any atom is -0.454 e. The Kier molecular flexibility index (Phi) is 5.83. The minimum absolute atomic E-state index is 0.0647. The zero-order chi connectivity index (χ0) is 25.4. The van der Waals surface area contributed by atoms with Crippen LogP contribution >= 0.6 is 0 Å². The number of fused-ring (bicyclic) bond motifs is 2. The molecule has 186 valence electrons. The molecule has 0 aliphatic carbocycles. The van der Waals surface area contributed by atoms with Crippen molar-refractivity contribution in [2.75, 3.05) is 13.8 Å². The van der Waals surface area contributed by atoms with Gasteiger partial charge in [0, 0.05) is 26.2 Å². The highest BCUT2D eigenvalue weighted by Crippen LogP contribution is 2.32. The number of carbonyl (C=O) groups is 3. The van der Waals surface area contributed by atoms with Crippen molar-refractivity contribution in [1.82, 2.24) is 25.3 Å². The van der Waals surface area contributed by atoms with E-state index in [1.165, 1.54) is 34.8 Å². The van der Waals surface area contributed by atoms with Gasteiger partial charge in [-0.05, 0) is 42.3 Å². The molecule has 1 unspecified atom stereocenters. The molecule has 1 aromatic heterocycles. The number of ether oxygens (including phenoxy) is 2. The van der Waals surface area contributed by atoms with Crippen molar-refractivity contribution < 1.29 is 28.2 Å². The number of likely N-dealkylation sites (N-methyl/N-ethyl adjacent to an activating group) is 1. The Labute approximate surface area is 206 Å². The lowest BCUT2D eigenvalue weighted by molar-refractivity contribution is -0.132. The molecule has 0 saturated carbocycles. The molecule has 2 aliphatic heterocycles. The summed E-state index contributed by atoms with van der Waals surface area (Å²) in [7, 11) is 1.54. The van der Waals surface area contributed by atoms with Crippen molar-refractivity contribution in [3.05, 3.63) is 76.9 Å². The predicted octanol–water partition coefficient (Wildman–Crippen LogP) is 1.84. The van der Waals surface area contributed by atoms with Crippen molar-refractivity contribution in [3.8, 4) is 11.5 Å². The molecular formula is C25H24FN5O5. The van der Waals surface area contributed by atoms with E-state index in [0.717, 1.165) is 11.1 Å². The number of hydrogen-bond acceptors (Lipinski definition) is 6. The second kappa shape index (κ2) is 8.99. The molecule has 2 aromatic carbocycles. The van der Waals surface area contributed by atoms with Crippen molar-refractivity contribution in [3.63, 3.8) is 0 Å². The van der Waals surface area contributed by atoms with E-state index in [9.17, 15) is 18.8 Å². The van der Waals surface area contributed by atoms with Crippen LogP contribution in [0.15, 0.2) is 48.5 Å². The average molecular weight is 493 g/mol. The Morgan fingerprint density at radius 3 is 2.50 bits per heavy atom. The fraction of sp³-hybridized carbons (Fsp3) is 0.280. The maximum absolute atomic E-state index is 13.1. The number of nitrogens with zero attached hydrogens (tertiary/aromatic N) is 3. The van der Waals surface area contributed by atoms with Gasteiger partial charge in [-0.3, -0.25) is 19.1 Å². The first-order chi connectivity index (χ1) is 17.2. The van der Waals surface area contributed by atoms with Crippen LogP contribution in [-0.2, 0) is 24.4 Å². The molecular weight excluding hydrogens is 469 g/mol. The Bertz CT molecular complexity index is 1360. The molecule has 36 heavy (non-hydrogen) atoms. The molecule has 2 N–H and O–H groups in total. The van der Waals surface area contributed by atoms with E-state index >= 15 is 0 Å². The molecule has 0 saturated heterocycles. The first kappa shape index (κ1) is 23.3. The van der Waals surface area contributed by atoms with E-state index in [1.807, 2.05) is 6.07 Å². The number of carbonyl (C=O) groups excluding carboxylic acids is 3. The first-order valence-corrected chi connectivity index (χ1v) is 11.3. The second-order valence-electron chi connectivity index (χ2n) is 8.89. The van der Waals surface area contributed by atoms with E-state index in [-0.39, 0.29) is 43.6 Å². The maximum atomic E-state index is 13.1. The molecule has 11 heteroatoms. The number of nitrogens with one attached hydrogen (secondary N) is 2. The number of amides is 3. The van der Waals surface area contributed by atoms with Crippen LogP contribution in [-0.4, -0.2) is 51.8 Å². The van der Waals surface area contributed by atoms with Gasteiger partial charge in [0.15, 0.2) is 17.2 Å². The normalized spacial score (nSPS) is 18.1. The summed E-state index contributed by atoms with van der Waals surface area (Å²) < 4.78 is 25.2. The van der Waals surface area contributed by atoms with Gasteiger partial charge in [-0.2, -0.15) is 5.10 Å². The quantitative estimate of drug-likeness (QED) is 0.542. The summed E-state index contributed by atoms with van der Waals surface area (Å²) >= 11 is 0. The van der Waals surface area contributed by atoms with Gasteiger partial charge in [0.25, 0.3) is 11.8 Å². The minimum atomic E-state index is -1.24. The average Bonchev–Trinajstić information content (AvgIpc) is 3.52. The molecule has 3 heterocycles. The van der Waals surface area contributed by atoms with E-state index in [4.69, 9.17) is 9.47 Å². The molecule has 1 atom stereocenters. The second-order valence-corrected chi connectivity index (χ2v) is 8.89. The molecule has 10 nitrogen and oxygen atoms in total. The Morgan fingerprint density at radius 1 is 1.03 bits per heavy atom. The lowest BCUT2D eigenvalue weighted by atomic mass is 9.96. The predicted molar refractivity (Wildman–Crippen MR) is 125 cm³/mol. The van der Waals surface area contributed by atoms with Crippen LogP contribution in [0.5, 0.6) is 11.5 Å². The molecule has 0 spiro atoms. The van der Waals surface area contributed by atoms with E-state index in [1.54, 1.807) is 31.2 Å². The monoisotopic (exact) mass is 493 g/mol. The van der Waals surface area contributed by atoms with E-state index in [0.29, 0.717) is 11.5 Å². The smallest absolute Gasteiger partial charge is 0.272 e. The highest BCUT2D eigenvalue weighted by molar-refractivity contribution is 6.01. The summed E-state index contributed by atoms with van der Waals surface area (Å²) in [6.45, 7) is 2.27. The highest BCUT2D eigenvalue weighted by Gasteiger charge is 2.46. The number of rotatable bonds is 6. The topological polar surface area (TPSA) is 115 Å². The summed E-state index contributed by atoms with van der Waals surface area (Å²) in [5, 5.41) is 9.89. The van der Waals surface area contributed by atoms with Gasteiger partial charge in [0.2, 0.25) is 12.7 Å². The fourth-order valence-electron chi connectivity index (χ4n) is 4.14. The number of hydrogen-bond donors (Lipinski definition) is 2. The molecule has 5 rings (SSSR count). The zero-order valence-electron chi connectivity index (χ0n) is 19.7. The van der Waals surface area contributed by atoms with Gasteiger partial charge in [0.1, 0.15) is 17.1 Å². The molecule has 0 bridgehead atoms.